The standard InChI is InChI=1S/C46H43ClF10N8O8S2/c1-42(2,20-58-41(68)69)17-34(67)65(74(70)71)18-32-36-30(47)9-8-27(38(36)64(61-32)21-44(50,51)52)26-7-6-25(10-11-43(3,4)75(5,72)73)59-37(26)31(14-22-12-23(48)15-24(49)13-22)60-33(66)19-63-40-35(39(62-63)46(55,56)57)28-16-29(28)45(40,53)54/h6-9,12-13,15,28-29,31,58H,14,16-21H2,1-5H3,(H,60,66)(H,68,69)(H,70,71)/p-1/t28-,29+,31?/m0/s1. The Kier molecular flexibility index (Phi) is 15.0. The largest absolute Gasteiger partial charge is 0.755 e. The Morgan fingerprint density at radius 1 is 1.00 bits per heavy atom. The summed E-state index contributed by atoms with van der Waals surface area (Å²) in [5, 5.41) is 20.3. The average Bonchev–Trinajstić information content (AvgIpc) is 3.78. The summed E-state index contributed by atoms with van der Waals surface area (Å²) in [6, 6.07) is 4.95. The molecule has 7 rings (SSSR count). The maximum Gasteiger partial charge on any atom is 0.435 e. The predicted octanol–water partition coefficient (Wildman–Crippen LogP) is 8.10. The van der Waals surface area contributed by atoms with Crippen molar-refractivity contribution >= 4 is 61.5 Å². The number of aromatic nitrogens is 5. The molecule has 0 spiro atoms. The molecule has 3 heterocycles. The quantitative estimate of drug-likeness (QED) is 0.0487. The van der Waals surface area contributed by atoms with Crippen molar-refractivity contribution in [3.63, 3.8) is 0 Å². The van der Waals surface area contributed by atoms with Crippen molar-refractivity contribution in [3.8, 4) is 23.0 Å². The summed E-state index contributed by atoms with van der Waals surface area (Å²) < 4.78 is 197. The van der Waals surface area contributed by atoms with Crippen LogP contribution in [0.1, 0.15) is 92.1 Å². The first-order chi connectivity index (χ1) is 34.5. The van der Waals surface area contributed by atoms with Crippen molar-refractivity contribution in [2.45, 2.75) is 102 Å². The molecule has 404 valence electrons. The van der Waals surface area contributed by atoms with Crippen LogP contribution in [0.3, 0.4) is 0 Å². The molecule has 2 unspecified atom stereocenters. The highest BCUT2D eigenvalue weighted by atomic mass is 35.5. The molecule has 2 aromatic carbocycles. The monoisotopic (exact) mass is 1120 g/mol. The van der Waals surface area contributed by atoms with Crippen molar-refractivity contribution < 1.29 is 80.6 Å². The van der Waals surface area contributed by atoms with Crippen molar-refractivity contribution in [1.29, 1.82) is 0 Å². The van der Waals surface area contributed by atoms with E-state index in [9.17, 15) is 66.7 Å². The molecule has 29 heteroatoms. The Labute approximate surface area is 427 Å². The molecule has 3 N–H and O–H groups in total. The fourth-order valence-corrected chi connectivity index (χ4v) is 9.65. The van der Waals surface area contributed by atoms with E-state index >= 15 is 8.78 Å². The van der Waals surface area contributed by atoms with E-state index in [0.717, 1.165) is 36.6 Å². The second-order valence-electron chi connectivity index (χ2n) is 19.3. The van der Waals surface area contributed by atoms with Gasteiger partial charge in [0.2, 0.25) is 11.8 Å². The Bertz CT molecular complexity index is 3330. The predicted molar refractivity (Wildman–Crippen MR) is 247 cm³/mol. The van der Waals surface area contributed by atoms with Crippen LogP contribution in [0.5, 0.6) is 0 Å². The first-order valence-electron chi connectivity index (χ1n) is 22.1. The Morgan fingerprint density at radius 3 is 2.23 bits per heavy atom. The van der Waals surface area contributed by atoms with Crippen LogP contribution in [-0.2, 0) is 68.8 Å². The summed E-state index contributed by atoms with van der Waals surface area (Å²) in [6.45, 7) is 0.735. The lowest BCUT2D eigenvalue weighted by Gasteiger charge is -2.29. The van der Waals surface area contributed by atoms with Gasteiger partial charge in [0.25, 0.3) is 5.92 Å². The van der Waals surface area contributed by atoms with E-state index in [1.165, 1.54) is 33.8 Å². The lowest BCUT2D eigenvalue weighted by atomic mass is 9.89. The third-order valence-corrected chi connectivity index (χ3v) is 15.5. The van der Waals surface area contributed by atoms with Crippen LogP contribution >= 0.6 is 11.6 Å². The van der Waals surface area contributed by atoms with Crippen molar-refractivity contribution in [3.05, 3.63) is 98.7 Å². The second-order valence-corrected chi connectivity index (χ2v) is 23.1. The van der Waals surface area contributed by atoms with Gasteiger partial charge in [-0.3, -0.25) is 27.5 Å². The van der Waals surface area contributed by atoms with Gasteiger partial charge >= 0.3 is 18.4 Å². The maximum atomic E-state index is 15.6. The van der Waals surface area contributed by atoms with Crippen LogP contribution in [0.25, 0.3) is 22.0 Å². The van der Waals surface area contributed by atoms with E-state index < -0.39 is 163 Å². The Hall–Kier alpha value is -6.31. The molecule has 0 aliphatic heterocycles. The molecule has 1 saturated carbocycles. The number of nitrogens with zero attached hydrogens (tertiary/aromatic N) is 6. The van der Waals surface area contributed by atoms with Gasteiger partial charge in [-0.2, -0.15) is 45.3 Å². The summed E-state index contributed by atoms with van der Waals surface area (Å²) in [4.78, 5) is 43.4. The van der Waals surface area contributed by atoms with Crippen LogP contribution in [-0.4, -0.2) is 92.8 Å². The van der Waals surface area contributed by atoms with E-state index in [-0.39, 0.29) is 54.7 Å². The number of rotatable bonds is 16. The molecule has 5 aromatic rings. The molecule has 3 amide bonds. The molecule has 0 saturated heterocycles. The van der Waals surface area contributed by atoms with Gasteiger partial charge < -0.3 is 20.3 Å². The molecular weight excluding hydrogens is 1080 g/mol. The summed E-state index contributed by atoms with van der Waals surface area (Å²) in [5.41, 5.74) is -7.36. The number of benzene rings is 2. The van der Waals surface area contributed by atoms with E-state index in [2.05, 4.69) is 37.7 Å². The van der Waals surface area contributed by atoms with Crippen molar-refractivity contribution in [2.75, 3.05) is 12.8 Å². The number of sulfone groups is 1. The Balaban J connectivity index is 1.43. The fraction of sp³-hybridized carbons (Fsp3) is 0.435. The van der Waals surface area contributed by atoms with E-state index in [4.69, 9.17) is 16.7 Å². The number of carbonyl (C=O) groups is 3. The van der Waals surface area contributed by atoms with Gasteiger partial charge in [0.15, 0.2) is 15.5 Å². The molecule has 75 heavy (non-hydrogen) atoms. The third kappa shape index (κ3) is 12.2. The van der Waals surface area contributed by atoms with Crippen LogP contribution in [0.15, 0.2) is 42.5 Å². The summed E-state index contributed by atoms with van der Waals surface area (Å²) in [6.07, 6.45) is -12.5. The molecule has 0 radical (unpaired) electrons. The van der Waals surface area contributed by atoms with E-state index in [0.29, 0.717) is 10.7 Å². The third-order valence-electron chi connectivity index (χ3n) is 12.5. The number of hydrogen-bond acceptors (Lipinski definition) is 10. The summed E-state index contributed by atoms with van der Waals surface area (Å²) >= 11 is 3.23. The highest BCUT2D eigenvalue weighted by Gasteiger charge is 2.68. The zero-order valence-corrected chi connectivity index (χ0v) is 42.1. The normalized spacial score (nSPS) is 17.1. The number of carbonyl (C=O) groups excluding carboxylic acids is 2. The zero-order valence-electron chi connectivity index (χ0n) is 39.7. The van der Waals surface area contributed by atoms with Crippen LogP contribution in [0.4, 0.5) is 48.7 Å². The minimum atomic E-state index is -5.23. The second kappa shape index (κ2) is 20.0. The molecule has 4 atom stereocenters. The van der Waals surface area contributed by atoms with Gasteiger partial charge in [-0.1, -0.05) is 37.4 Å². The molecular formula is C46H42ClF10N8O8S2-. The topological polar surface area (TPSA) is 222 Å². The summed E-state index contributed by atoms with van der Waals surface area (Å²) in [5.74, 6) is -6.19. The van der Waals surface area contributed by atoms with Crippen LogP contribution in [0, 0.1) is 34.8 Å². The van der Waals surface area contributed by atoms with Gasteiger partial charge in [-0.05, 0) is 79.8 Å². The van der Waals surface area contributed by atoms with Crippen molar-refractivity contribution in [1.82, 2.24) is 39.5 Å². The maximum absolute atomic E-state index is 15.6. The highest BCUT2D eigenvalue weighted by Crippen LogP contribution is 2.68. The number of pyridine rings is 1. The molecule has 16 nitrogen and oxygen atoms in total. The van der Waals surface area contributed by atoms with E-state index in [1.54, 1.807) is 0 Å². The smallest absolute Gasteiger partial charge is 0.435 e. The zero-order chi connectivity index (χ0) is 55.7. The number of carboxylic acid groups (broad SMARTS) is 1. The molecule has 0 bridgehead atoms. The van der Waals surface area contributed by atoms with Gasteiger partial charge in [-0.15, -0.1) is 0 Å². The highest BCUT2D eigenvalue weighted by molar-refractivity contribution is 7.92. The lowest BCUT2D eigenvalue weighted by molar-refractivity contribution is -0.143. The first-order valence-corrected chi connectivity index (χ1v) is 25.4. The van der Waals surface area contributed by atoms with Gasteiger partial charge in [0.05, 0.1) is 45.8 Å². The average molecular weight is 1120 g/mol. The Morgan fingerprint density at radius 2 is 1.64 bits per heavy atom. The number of hydrogen-bond donors (Lipinski definition) is 3. The number of amides is 3. The number of nitrogens with one attached hydrogen (secondary N) is 2. The number of fused-ring (bicyclic) bond motifs is 4. The lowest BCUT2D eigenvalue weighted by Crippen LogP contribution is -2.39. The number of alkyl halides is 8. The molecule has 3 aromatic heterocycles. The molecule has 1 fully saturated rings. The first kappa shape index (κ1) is 56.4. The number of halogens is 11. The molecule has 2 aliphatic rings. The summed E-state index contributed by atoms with van der Waals surface area (Å²) in [7, 11) is -3.91. The van der Waals surface area contributed by atoms with Crippen LogP contribution in [0.2, 0.25) is 5.02 Å². The van der Waals surface area contributed by atoms with E-state index in [1.807, 2.05) is 0 Å². The van der Waals surface area contributed by atoms with Crippen LogP contribution < -0.4 is 10.6 Å². The fourth-order valence-electron chi connectivity index (χ4n) is 8.70. The molecule has 2 aliphatic carbocycles. The van der Waals surface area contributed by atoms with Crippen molar-refractivity contribution in [2.24, 2.45) is 11.3 Å². The SMILES string of the molecule is CC(C)(CNC(=O)O)CC(=O)N(Cc1nn(CC(F)(F)F)c2c(-c3ccc(C#CC(C)(C)S(C)(=O)=O)nc3C(Cc3cc(F)cc(F)c3)NC(=O)Cn3nc(C(F)(F)F)c4c3C(F)(F)[C@@H]3C[C@H]43)ccc(Cl)c12)S(=O)[O-]. The van der Waals surface area contributed by atoms with Gasteiger partial charge in [0.1, 0.15) is 40.9 Å². The van der Waals surface area contributed by atoms with Gasteiger partial charge in [-0.25, -0.2) is 27.0 Å². The minimum Gasteiger partial charge on any atom is -0.755 e. The minimum absolute atomic E-state index is 0.193. The van der Waals surface area contributed by atoms with Gasteiger partial charge in [0, 0.05) is 53.3 Å².